The Hall–Kier alpha value is -0.200. The number of fused-ring (bicyclic) bond motifs is 1. The quantitative estimate of drug-likeness (QED) is 0.241. The fraction of sp³-hybridized carbons (Fsp3) is 0.0714. The molecule has 4 nitrogen and oxygen atoms in total. The lowest BCUT2D eigenvalue weighted by Crippen LogP contribution is -1.99. The number of hydrogen-bond acceptors (Lipinski definition) is 5. The van der Waals surface area contributed by atoms with Gasteiger partial charge in [-0.25, -0.2) is 0 Å². The Morgan fingerprint density at radius 3 is 2.04 bits per heavy atom. The Bertz CT molecular complexity index is 944. The molecule has 4 rings (SSSR count). The fourth-order valence-corrected chi connectivity index (χ4v) is 9.43. The topological polar surface area (TPSA) is 33.8 Å². The number of para-hydroxylation sites is 1. The highest BCUT2D eigenvalue weighted by Crippen LogP contribution is 2.75. The summed E-state index contributed by atoms with van der Waals surface area (Å²) in [6.07, 6.45) is 1.94. The normalized spacial score (nSPS) is 17.3. The first-order valence-corrected chi connectivity index (χ1v) is 12.5. The summed E-state index contributed by atoms with van der Waals surface area (Å²) in [5, 5.41) is 5.25. The predicted molar refractivity (Wildman–Crippen MR) is 110 cm³/mol. The van der Waals surface area contributed by atoms with Gasteiger partial charge in [0.15, 0.2) is 11.5 Å². The van der Waals surface area contributed by atoms with E-state index < -0.39 is 6.71 Å². The van der Waals surface area contributed by atoms with Crippen LogP contribution in [0.3, 0.4) is 0 Å². The van der Waals surface area contributed by atoms with Crippen LogP contribution in [-0.4, -0.2) is 15.1 Å². The molecule has 2 heterocycles. The van der Waals surface area contributed by atoms with E-state index in [1.165, 1.54) is 23.1 Å². The highest BCUT2D eigenvalue weighted by Gasteiger charge is 2.55. The first-order chi connectivity index (χ1) is 12.0. The van der Waals surface area contributed by atoms with Gasteiger partial charge in [0.25, 0.3) is 0 Å². The molecule has 11 heteroatoms. The highest BCUT2D eigenvalue weighted by atomic mass is 35.5. The summed E-state index contributed by atoms with van der Waals surface area (Å²) in [4.78, 5) is 0. The van der Waals surface area contributed by atoms with Crippen LogP contribution < -0.4 is 9.05 Å². The monoisotopic (exact) mass is 471 g/mol. The summed E-state index contributed by atoms with van der Waals surface area (Å²) < 4.78 is 14.9. The van der Waals surface area contributed by atoms with E-state index in [9.17, 15) is 0 Å². The van der Waals surface area contributed by atoms with Gasteiger partial charge in [-0.1, -0.05) is 76.4 Å². The van der Waals surface area contributed by atoms with Crippen LogP contribution in [0.15, 0.2) is 35.4 Å². The molecule has 0 saturated heterocycles. The van der Waals surface area contributed by atoms with E-state index in [2.05, 4.69) is 5.10 Å². The average molecular weight is 473 g/mol. The smallest absolute Gasteiger partial charge is 0.383 e. The molecule has 0 aliphatic carbocycles. The zero-order chi connectivity index (χ0) is 17.8. The molecule has 0 aromatic heterocycles. The van der Waals surface area contributed by atoms with Gasteiger partial charge < -0.3 is 9.05 Å². The molecule has 130 valence electrons. The third-order valence-corrected chi connectivity index (χ3v) is 10.9. The molecule has 0 atom stereocenters. The Kier molecular flexibility index (Phi) is 4.91. The van der Waals surface area contributed by atoms with E-state index in [0.29, 0.717) is 11.5 Å². The molecule has 0 unspecified atom stereocenters. The van der Waals surface area contributed by atoms with Gasteiger partial charge in [-0.15, -0.1) is 0 Å². The van der Waals surface area contributed by atoms with Crippen LogP contribution in [0.25, 0.3) is 0 Å². The van der Waals surface area contributed by atoms with Crippen molar-refractivity contribution in [2.45, 2.75) is 0 Å². The zero-order valence-electron chi connectivity index (χ0n) is 12.4. The standard InChI is InChI=1S/C14H8Cl4N2O2PS2/c1-24-14-19-20(7-5-3-2-4-6-7)23(25-14)21-12-10(17)8(15)9(16)11(18)13(12)22-23/h2-6H,1H3/q+1. The SMILES string of the molecule is CSC1=N[N+](c2ccccc2)=P2(Oc3c(Cl)c(Cl)c(Cl)c(Cl)c3O2)S1. The molecule has 0 saturated carbocycles. The van der Waals surface area contributed by atoms with Crippen molar-refractivity contribution in [1.82, 2.24) is 0 Å². The molecular formula is C14H8Cl4N2O2PS2+. The lowest BCUT2D eigenvalue weighted by atomic mass is 10.3. The minimum atomic E-state index is -2.74. The second-order valence-electron chi connectivity index (χ2n) is 4.85. The van der Waals surface area contributed by atoms with Crippen molar-refractivity contribution < 1.29 is 13.5 Å². The van der Waals surface area contributed by atoms with Crippen molar-refractivity contribution in [3.05, 3.63) is 50.4 Å². The van der Waals surface area contributed by atoms with Crippen LogP contribution in [0.4, 0.5) is 5.69 Å². The Labute approximate surface area is 172 Å². The lowest BCUT2D eigenvalue weighted by Gasteiger charge is -2.06. The Morgan fingerprint density at radius 2 is 1.52 bits per heavy atom. The molecule has 0 N–H and O–H groups in total. The molecule has 0 fully saturated rings. The van der Waals surface area contributed by atoms with Crippen LogP contribution in [0.5, 0.6) is 11.5 Å². The van der Waals surface area contributed by atoms with Crippen molar-refractivity contribution in [2.75, 3.05) is 6.26 Å². The molecule has 2 aliphatic heterocycles. The molecule has 0 radical (unpaired) electrons. The van der Waals surface area contributed by atoms with Gasteiger partial charge in [0.05, 0.1) is 21.4 Å². The van der Waals surface area contributed by atoms with Crippen molar-refractivity contribution in [2.24, 2.45) is 5.10 Å². The number of thioether (sulfide) groups is 1. The first-order valence-electron chi connectivity index (χ1n) is 6.79. The van der Waals surface area contributed by atoms with Crippen LogP contribution in [0.1, 0.15) is 0 Å². The summed E-state index contributed by atoms with van der Waals surface area (Å²) in [6.45, 7) is -2.74. The minimum absolute atomic E-state index is 0.136. The van der Waals surface area contributed by atoms with Crippen LogP contribution in [0.2, 0.25) is 20.1 Å². The summed E-state index contributed by atoms with van der Waals surface area (Å²) in [7, 11) is 0. The van der Waals surface area contributed by atoms with E-state index in [-0.39, 0.29) is 20.1 Å². The van der Waals surface area contributed by atoms with Crippen LogP contribution in [0, 0.1) is 0 Å². The number of hydrazone groups is 1. The molecular weight excluding hydrogens is 465 g/mol. The summed E-state index contributed by atoms with van der Waals surface area (Å²) in [5.41, 5.74) is 0.838. The van der Waals surface area contributed by atoms with Gasteiger partial charge in [-0.3, -0.25) is 0 Å². The second-order valence-corrected chi connectivity index (χ2v) is 11.6. The number of benzene rings is 2. The number of rotatable bonds is 1. The Balaban J connectivity index is 1.93. The second kappa shape index (κ2) is 6.75. The molecule has 0 bridgehead atoms. The van der Waals surface area contributed by atoms with E-state index in [1.807, 2.05) is 36.6 Å². The van der Waals surface area contributed by atoms with Crippen molar-refractivity contribution in [3.63, 3.8) is 0 Å². The van der Waals surface area contributed by atoms with E-state index in [0.717, 1.165) is 10.1 Å². The van der Waals surface area contributed by atoms with Crippen LogP contribution in [-0.2, 0) is 0 Å². The van der Waals surface area contributed by atoms with Crippen molar-refractivity contribution in [3.8, 4) is 11.5 Å². The van der Waals surface area contributed by atoms with E-state index in [1.54, 1.807) is 4.44 Å². The molecule has 1 spiro atoms. The third kappa shape index (κ3) is 2.87. The van der Waals surface area contributed by atoms with E-state index >= 15 is 0 Å². The largest absolute Gasteiger partial charge is 0.569 e. The molecule has 2 aliphatic rings. The molecule has 25 heavy (non-hydrogen) atoms. The van der Waals surface area contributed by atoms with Crippen LogP contribution >= 0.6 is 76.3 Å². The molecule has 0 amide bonds. The van der Waals surface area contributed by atoms with Gasteiger partial charge in [0.1, 0.15) is 10.0 Å². The number of halogens is 4. The molecule has 2 aromatic carbocycles. The minimum Gasteiger partial charge on any atom is -0.383 e. The van der Waals surface area contributed by atoms with Gasteiger partial charge in [-0.2, -0.15) is 0 Å². The van der Waals surface area contributed by atoms with Gasteiger partial charge in [0, 0.05) is 21.7 Å². The van der Waals surface area contributed by atoms with E-state index in [4.69, 9.17) is 55.5 Å². The predicted octanol–water partition coefficient (Wildman–Crippen LogP) is 7.74. The molecule has 2 aromatic rings. The number of nitrogens with zero attached hydrogens (tertiary/aromatic N) is 2. The third-order valence-electron chi connectivity index (χ3n) is 3.36. The van der Waals surface area contributed by atoms with Gasteiger partial charge in [0.2, 0.25) is 10.1 Å². The van der Waals surface area contributed by atoms with Crippen molar-refractivity contribution >= 4 is 86.3 Å². The zero-order valence-corrected chi connectivity index (χ0v) is 17.9. The lowest BCUT2D eigenvalue weighted by molar-refractivity contribution is -0.428. The first kappa shape index (κ1) is 18.2. The maximum atomic E-state index is 6.31. The summed E-state index contributed by atoms with van der Waals surface area (Å²) in [5.74, 6) is 0.584. The van der Waals surface area contributed by atoms with Crippen molar-refractivity contribution in [1.29, 1.82) is 0 Å². The van der Waals surface area contributed by atoms with Gasteiger partial charge in [-0.05, 0) is 6.26 Å². The number of hydrogen-bond donors (Lipinski definition) is 0. The maximum Gasteiger partial charge on any atom is 0.569 e. The average Bonchev–Trinajstić information content (AvgIpc) is 3.20. The Morgan fingerprint density at radius 1 is 0.960 bits per heavy atom. The summed E-state index contributed by atoms with van der Waals surface area (Å²) in [6, 6.07) is 9.61. The highest BCUT2D eigenvalue weighted by molar-refractivity contribution is 8.69. The van der Waals surface area contributed by atoms with Gasteiger partial charge >= 0.3 is 6.71 Å². The summed E-state index contributed by atoms with van der Waals surface area (Å²) >= 11 is 27.8. The fourth-order valence-electron chi connectivity index (χ4n) is 2.24. The maximum absolute atomic E-state index is 6.31.